The van der Waals surface area contributed by atoms with E-state index in [1.165, 1.54) is 0 Å². The molecule has 1 fully saturated rings. The molecule has 2 unspecified atom stereocenters. The molecule has 0 bridgehead atoms. The highest BCUT2D eigenvalue weighted by Crippen LogP contribution is 2.53. The maximum absolute atomic E-state index is 14.2. The second-order valence-corrected chi connectivity index (χ2v) is 9.14. The zero-order valence-corrected chi connectivity index (χ0v) is 19.5. The van der Waals surface area contributed by atoms with E-state index in [0.29, 0.717) is 10.0 Å². The van der Waals surface area contributed by atoms with Crippen LogP contribution in [-0.2, 0) is 5.54 Å². The Hall–Kier alpha value is -3.27. The summed E-state index contributed by atoms with van der Waals surface area (Å²) < 4.78 is 0. The van der Waals surface area contributed by atoms with E-state index in [1.807, 2.05) is 94.7 Å². The van der Waals surface area contributed by atoms with Crippen molar-refractivity contribution in [3.63, 3.8) is 0 Å². The first-order valence-electron chi connectivity index (χ1n) is 10.7. The van der Waals surface area contributed by atoms with E-state index in [-0.39, 0.29) is 12.1 Å². The van der Waals surface area contributed by atoms with Gasteiger partial charge in [-0.1, -0.05) is 83.9 Å². The average Bonchev–Trinajstić information content (AvgIpc) is 3.09. The lowest BCUT2D eigenvalue weighted by molar-refractivity contribution is 0.254. The lowest BCUT2D eigenvalue weighted by atomic mass is 9.80. The van der Waals surface area contributed by atoms with Crippen LogP contribution in [0.15, 0.2) is 109 Å². The van der Waals surface area contributed by atoms with Gasteiger partial charge in [0, 0.05) is 21.4 Å². The molecular weight excluding hydrogens is 451 g/mol. The van der Waals surface area contributed by atoms with E-state index in [2.05, 4.69) is 31.2 Å². The summed E-state index contributed by atoms with van der Waals surface area (Å²) in [6, 6.07) is 34.8. The van der Waals surface area contributed by atoms with Crippen LogP contribution in [-0.4, -0.2) is 6.03 Å². The van der Waals surface area contributed by atoms with Gasteiger partial charge in [-0.25, -0.2) is 4.79 Å². The minimum absolute atomic E-state index is 0.111. The minimum atomic E-state index is -0.701. The van der Waals surface area contributed by atoms with Crippen LogP contribution >= 0.6 is 23.2 Å². The molecule has 4 aromatic rings. The summed E-state index contributed by atoms with van der Waals surface area (Å²) >= 11 is 12.4. The van der Waals surface area contributed by atoms with Crippen molar-refractivity contribution in [1.82, 2.24) is 0 Å². The van der Waals surface area contributed by atoms with Gasteiger partial charge in [0.15, 0.2) is 0 Å². The van der Waals surface area contributed by atoms with Crippen LogP contribution in [0.2, 0.25) is 10.0 Å². The second-order valence-electron chi connectivity index (χ2n) is 8.27. The third-order valence-corrected chi connectivity index (χ3v) is 6.82. The third kappa shape index (κ3) is 3.68. The van der Waals surface area contributed by atoms with Crippen LogP contribution in [0.1, 0.15) is 24.1 Å². The van der Waals surface area contributed by atoms with Crippen molar-refractivity contribution < 1.29 is 4.79 Å². The molecule has 3 nitrogen and oxygen atoms in total. The predicted molar refractivity (Wildman–Crippen MR) is 136 cm³/mol. The lowest BCUT2D eigenvalue weighted by Crippen LogP contribution is -2.43. The minimum Gasteiger partial charge on any atom is -0.284 e. The van der Waals surface area contributed by atoms with Gasteiger partial charge in [0.05, 0.1) is 11.6 Å². The van der Waals surface area contributed by atoms with Gasteiger partial charge in [-0.05, 0) is 66.6 Å². The molecule has 0 spiro atoms. The quantitative estimate of drug-likeness (QED) is 0.294. The van der Waals surface area contributed by atoms with Gasteiger partial charge in [-0.3, -0.25) is 9.80 Å². The third-order valence-electron chi connectivity index (χ3n) is 6.32. The van der Waals surface area contributed by atoms with Crippen molar-refractivity contribution >= 4 is 40.6 Å². The topological polar surface area (TPSA) is 23.6 Å². The van der Waals surface area contributed by atoms with Gasteiger partial charge >= 0.3 is 6.03 Å². The van der Waals surface area contributed by atoms with Crippen molar-refractivity contribution in [3.8, 4) is 0 Å². The molecule has 0 aliphatic carbocycles. The van der Waals surface area contributed by atoms with E-state index in [4.69, 9.17) is 23.2 Å². The van der Waals surface area contributed by atoms with Gasteiger partial charge in [0.2, 0.25) is 0 Å². The molecule has 1 aliphatic rings. The van der Waals surface area contributed by atoms with Gasteiger partial charge in [0.25, 0.3) is 0 Å². The Morgan fingerprint density at radius 3 is 1.70 bits per heavy atom. The molecule has 0 N–H and O–H groups in total. The molecule has 1 heterocycles. The molecule has 164 valence electrons. The maximum Gasteiger partial charge on any atom is 0.330 e. The maximum atomic E-state index is 14.2. The summed E-state index contributed by atoms with van der Waals surface area (Å²) in [4.78, 5) is 18.0. The molecule has 2 atom stereocenters. The van der Waals surface area contributed by atoms with Crippen molar-refractivity contribution in [3.05, 3.63) is 130 Å². The van der Waals surface area contributed by atoms with E-state index < -0.39 is 5.54 Å². The Balaban J connectivity index is 1.79. The van der Waals surface area contributed by atoms with Crippen molar-refractivity contribution in [2.75, 3.05) is 9.80 Å². The normalized spacial score (nSPS) is 20.3. The standard InChI is InChI=1S/C28H22Cl2N2O/c1-28(21-10-6-3-7-11-21)26(20-8-4-2-5-9-20)31(24-16-12-22(29)13-17-24)27(33)32(28)25-18-14-23(30)15-19-25/h2-19,26H,1H3. The Kier molecular flexibility index (Phi) is 5.61. The highest BCUT2D eigenvalue weighted by Gasteiger charge is 2.57. The summed E-state index contributed by atoms with van der Waals surface area (Å²) in [5.74, 6) is 0. The molecule has 1 aliphatic heterocycles. The summed E-state index contributed by atoms with van der Waals surface area (Å²) in [6.07, 6.45) is 0. The van der Waals surface area contributed by atoms with E-state index in [9.17, 15) is 4.79 Å². The summed E-state index contributed by atoms with van der Waals surface area (Å²) in [5, 5.41) is 1.25. The summed E-state index contributed by atoms with van der Waals surface area (Å²) in [7, 11) is 0. The van der Waals surface area contributed by atoms with Crippen molar-refractivity contribution in [1.29, 1.82) is 0 Å². The molecule has 0 radical (unpaired) electrons. The van der Waals surface area contributed by atoms with Gasteiger partial charge in [-0.15, -0.1) is 0 Å². The van der Waals surface area contributed by atoms with Crippen LogP contribution < -0.4 is 9.80 Å². The molecule has 0 aromatic heterocycles. The number of carbonyl (C=O) groups is 1. The molecule has 5 heteroatoms. The fourth-order valence-corrected chi connectivity index (χ4v) is 5.04. The van der Waals surface area contributed by atoms with Gasteiger partial charge in [-0.2, -0.15) is 0 Å². The summed E-state index contributed by atoms with van der Waals surface area (Å²) in [6.45, 7) is 2.13. The summed E-state index contributed by atoms with van der Waals surface area (Å²) in [5.41, 5.74) is 2.96. The van der Waals surface area contributed by atoms with Crippen LogP contribution in [0.5, 0.6) is 0 Å². The number of hydrogen-bond acceptors (Lipinski definition) is 1. The number of halogens is 2. The average molecular weight is 473 g/mol. The molecular formula is C28H22Cl2N2O. The number of rotatable bonds is 4. The first-order valence-corrected chi connectivity index (χ1v) is 11.5. The number of amides is 2. The molecule has 2 amide bonds. The monoisotopic (exact) mass is 472 g/mol. The van der Waals surface area contributed by atoms with Crippen LogP contribution in [0.3, 0.4) is 0 Å². The first-order chi connectivity index (χ1) is 16.0. The Labute approximate surface area is 203 Å². The number of carbonyl (C=O) groups excluding carboxylic acids is 1. The van der Waals surface area contributed by atoms with E-state index in [0.717, 1.165) is 22.5 Å². The van der Waals surface area contributed by atoms with Crippen LogP contribution in [0, 0.1) is 0 Å². The number of hydrogen-bond donors (Lipinski definition) is 0. The SMILES string of the molecule is CC1(c2ccccc2)C(c2ccccc2)N(c2ccc(Cl)cc2)C(=O)N1c1ccc(Cl)cc1. The van der Waals surface area contributed by atoms with Crippen molar-refractivity contribution in [2.45, 2.75) is 18.5 Å². The van der Waals surface area contributed by atoms with Crippen LogP contribution in [0.4, 0.5) is 16.2 Å². The number of benzene rings is 4. The largest absolute Gasteiger partial charge is 0.330 e. The predicted octanol–water partition coefficient (Wildman–Crippen LogP) is 8.10. The fraction of sp³-hybridized carbons (Fsp3) is 0.107. The Morgan fingerprint density at radius 1 is 0.667 bits per heavy atom. The fourth-order valence-electron chi connectivity index (χ4n) is 4.79. The Bertz CT molecular complexity index is 1260. The zero-order valence-electron chi connectivity index (χ0n) is 18.0. The van der Waals surface area contributed by atoms with Crippen molar-refractivity contribution in [2.24, 2.45) is 0 Å². The number of urea groups is 1. The second kappa shape index (κ2) is 8.58. The van der Waals surface area contributed by atoms with Gasteiger partial charge in [0.1, 0.15) is 0 Å². The molecule has 0 saturated carbocycles. The molecule has 33 heavy (non-hydrogen) atoms. The smallest absolute Gasteiger partial charge is 0.284 e. The number of nitrogens with zero attached hydrogens (tertiary/aromatic N) is 2. The van der Waals surface area contributed by atoms with Crippen LogP contribution in [0.25, 0.3) is 0 Å². The first kappa shape index (κ1) is 21.6. The highest BCUT2D eigenvalue weighted by molar-refractivity contribution is 6.31. The van der Waals surface area contributed by atoms with E-state index in [1.54, 1.807) is 0 Å². The number of anilines is 2. The Morgan fingerprint density at radius 2 is 1.15 bits per heavy atom. The molecule has 4 aromatic carbocycles. The zero-order chi connectivity index (χ0) is 23.0. The molecule has 5 rings (SSSR count). The van der Waals surface area contributed by atoms with Gasteiger partial charge < -0.3 is 0 Å². The van der Waals surface area contributed by atoms with E-state index >= 15 is 0 Å². The highest BCUT2D eigenvalue weighted by atomic mass is 35.5. The lowest BCUT2D eigenvalue weighted by Gasteiger charge is -2.39. The molecule has 1 saturated heterocycles.